The zero-order valence-electron chi connectivity index (χ0n) is 12.2. The van der Waals surface area contributed by atoms with Crippen molar-refractivity contribution in [2.45, 2.75) is 27.7 Å². The molecule has 0 aromatic heterocycles. The van der Waals surface area contributed by atoms with Gasteiger partial charge in [0.2, 0.25) is 5.91 Å². The Labute approximate surface area is 120 Å². The first kappa shape index (κ1) is 15.8. The first-order valence-electron chi connectivity index (χ1n) is 6.67. The zero-order chi connectivity index (χ0) is 14.5. The molecule has 1 aromatic carbocycles. The van der Waals surface area contributed by atoms with Crippen molar-refractivity contribution in [2.24, 2.45) is 5.41 Å². The fraction of sp³-hybridized carbons (Fsp3) is 0.533. The fourth-order valence-corrected chi connectivity index (χ4v) is 1.83. The Morgan fingerprint density at radius 3 is 2.16 bits per heavy atom. The highest BCUT2D eigenvalue weighted by Gasteiger charge is 2.26. The topological polar surface area (TPSA) is 32.3 Å². The van der Waals surface area contributed by atoms with E-state index in [-0.39, 0.29) is 5.91 Å². The molecule has 0 heterocycles. The average Bonchev–Trinajstić information content (AvgIpc) is 2.42. The number of halogens is 1. The van der Waals surface area contributed by atoms with Crippen LogP contribution in [0.3, 0.4) is 0 Å². The van der Waals surface area contributed by atoms with E-state index in [0.29, 0.717) is 5.88 Å². The molecule has 106 valence electrons. The summed E-state index contributed by atoms with van der Waals surface area (Å²) in [4.78, 5) is 14.2. The predicted molar refractivity (Wildman–Crippen MR) is 83.1 cm³/mol. The van der Waals surface area contributed by atoms with Gasteiger partial charge in [-0.05, 0) is 52.0 Å². The highest BCUT2D eigenvalue weighted by molar-refractivity contribution is 6.20. The van der Waals surface area contributed by atoms with Gasteiger partial charge >= 0.3 is 0 Å². The summed E-state index contributed by atoms with van der Waals surface area (Å²) < 4.78 is 0. The van der Waals surface area contributed by atoms with E-state index >= 15 is 0 Å². The normalized spacial score (nSPS) is 11.2. The van der Waals surface area contributed by atoms with Gasteiger partial charge in [0.25, 0.3) is 0 Å². The average molecular weight is 283 g/mol. The molecule has 4 heteroatoms. The molecule has 3 nitrogen and oxygen atoms in total. The Bertz CT molecular complexity index is 411. The molecule has 0 bridgehead atoms. The maximum absolute atomic E-state index is 12.0. The molecule has 0 unspecified atom stereocenters. The molecule has 1 N–H and O–H groups in total. The van der Waals surface area contributed by atoms with Crippen LogP contribution in [0.25, 0.3) is 0 Å². The van der Waals surface area contributed by atoms with Crippen LogP contribution in [0.1, 0.15) is 27.7 Å². The molecule has 0 atom stereocenters. The maximum Gasteiger partial charge on any atom is 0.231 e. The number of nitrogens with zero attached hydrogens (tertiary/aromatic N) is 1. The molecule has 1 rings (SSSR count). The minimum absolute atomic E-state index is 0.0573. The van der Waals surface area contributed by atoms with Crippen LogP contribution in [-0.4, -0.2) is 24.9 Å². The number of hydrogen-bond acceptors (Lipinski definition) is 2. The van der Waals surface area contributed by atoms with Crippen molar-refractivity contribution in [3.63, 3.8) is 0 Å². The number of nitrogens with one attached hydrogen (secondary N) is 1. The van der Waals surface area contributed by atoms with Gasteiger partial charge in [-0.15, -0.1) is 11.6 Å². The quantitative estimate of drug-likeness (QED) is 0.806. The van der Waals surface area contributed by atoms with E-state index in [0.717, 1.165) is 18.8 Å². The number of amides is 1. The van der Waals surface area contributed by atoms with Crippen LogP contribution in [-0.2, 0) is 4.79 Å². The van der Waals surface area contributed by atoms with E-state index in [1.54, 1.807) is 0 Å². The summed E-state index contributed by atoms with van der Waals surface area (Å²) in [6.45, 7) is 9.87. The maximum atomic E-state index is 12.0. The predicted octanol–water partition coefficient (Wildman–Crippen LogP) is 3.74. The minimum atomic E-state index is -0.556. The number of anilines is 2. The SMILES string of the molecule is CCN(CC)c1ccc(NC(=O)C(C)(C)CCl)cc1. The van der Waals surface area contributed by atoms with E-state index < -0.39 is 5.41 Å². The summed E-state index contributed by atoms with van der Waals surface area (Å²) in [6, 6.07) is 7.90. The number of carbonyl (C=O) groups is 1. The van der Waals surface area contributed by atoms with Crippen LogP contribution < -0.4 is 10.2 Å². The Balaban J connectivity index is 2.75. The van der Waals surface area contributed by atoms with E-state index in [9.17, 15) is 4.79 Å². The van der Waals surface area contributed by atoms with Crippen molar-refractivity contribution in [3.05, 3.63) is 24.3 Å². The van der Waals surface area contributed by atoms with Gasteiger partial charge in [-0.3, -0.25) is 4.79 Å². The molecule has 0 saturated carbocycles. The van der Waals surface area contributed by atoms with Crippen molar-refractivity contribution in [1.82, 2.24) is 0 Å². The number of carbonyl (C=O) groups excluding carboxylic acids is 1. The van der Waals surface area contributed by atoms with Crippen LogP contribution in [0, 0.1) is 5.41 Å². The summed E-state index contributed by atoms with van der Waals surface area (Å²) in [7, 11) is 0. The molecule has 0 aliphatic heterocycles. The second kappa shape index (κ2) is 6.80. The largest absolute Gasteiger partial charge is 0.372 e. The van der Waals surface area contributed by atoms with Gasteiger partial charge in [-0.25, -0.2) is 0 Å². The van der Waals surface area contributed by atoms with Crippen molar-refractivity contribution in [2.75, 3.05) is 29.2 Å². The summed E-state index contributed by atoms with van der Waals surface area (Å²) >= 11 is 5.79. The lowest BCUT2D eigenvalue weighted by atomic mass is 9.95. The number of rotatable bonds is 6. The lowest BCUT2D eigenvalue weighted by molar-refractivity contribution is -0.122. The number of benzene rings is 1. The molecular weight excluding hydrogens is 260 g/mol. The third-order valence-corrected chi connectivity index (χ3v) is 3.87. The number of alkyl halides is 1. The van der Waals surface area contributed by atoms with Crippen molar-refractivity contribution in [1.29, 1.82) is 0 Å². The Hall–Kier alpha value is -1.22. The van der Waals surface area contributed by atoms with Gasteiger partial charge in [0.1, 0.15) is 0 Å². The summed E-state index contributed by atoms with van der Waals surface area (Å²) in [5.41, 5.74) is 1.41. The first-order valence-corrected chi connectivity index (χ1v) is 7.20. The molecule has 0 fully saturated rings. The second-order valence-electron chi connectivity index (χ2n) is 5.19. The Morgan fingerprint density at radius 2 is 1.74 bits per heavy atom. The van der Waals surface area contributed by atoms with Gasteiger partial charge in [-0.1, -0.05) is 0 Å². The van der Waals surface area contributed by atoms with Crippen LogP contribution in [0.2, 0.25) is 0 Å². The molecule has 0 aliphatic carbocycles. The van der Waals surface area contributed by atoms with Gasteiger partial charge in [0.15, 0.2) is 0 Å². The molecule has 0 spiro atoms. The molecule has 0 aliphatic rings. The first-order chi connectivity index (χ1) is 8.94. The third kappa shape index (κ3) is 4.13. The standard InChI is InChI=1S/C15H23ClN2O/c1-5-18(6-2)13-9-7-12(8-10-13)17-14(19)15(3,4)11-16/h7-10H,5-6,11H2,1-4H3,(H,17,19). The van der Waals surface area contributed by atoms with Crippen LogP contribution >= 0.6 is 11.6 Å². The van der Waals surface area contributed by atoms with Crippen molar-refractivity contribution >= 4 is 28.9 Å². The minimum Gasteiger partial charge on any atom is -0.372 e. The lowest BCUT2D eigenvalue weighted by Gasteiger charge is -2.22. The van der Waals surface area contributed by atoms with E-state index in [1.807, 2.05) is 38.1 Å². The highest BCUT2D eigenvalue weighted by Crippen LogP contribution is 2.22. The van der Waals surface area contributed by atoms with Crippen LogP contribution in [0.15, 0.2) is 24.3 Å². The Kier molecular flexibility index (Phi) is 5.67. The lowest BCUT2D eigenvalue weighted by Crippen LogP contribution is -2.32. The summed E-state index contributed by atoms with van der Waals surface area (Å²) in [5.74, 6) is 0.245. The molecule has 0 radical (unpaired) electrons. The fourth-order valence-electron chi connectivity index (χ4n) is 1.71. The molecule has 1 amide bonds. The molecular formula is C15H23ClN2O. The summed E-state index contributed by atoms with van der Waals surface area (Å²) in [6.07, 6.45) is 0. The molecule has 1 aromatic rings. The van der Waals surface area contributed by atoms with Crippen molar-refractivity contribution < 1.29 is 4.79 Å². The number of hydrogen-bond donors (Lipinski definition) is 1. The Morgan fingerprint density at radius 1 is 1.21 bits per heavy atom. The van der Waals surface area contributed by atoms with Crippen LogP contribution in [0.5, 0.6) is 0 Å². The highest BCUT2D eigenvalue weighted by atomic mass is 35.5. The van der Waals surface area contributed by atoms with Gasteiger partial charge < -0.3 is 10.2 Å². The van der Waals surface area contributed by atoms with Gasteiger partial charge in [-0.2, -0.15) is 0 Å². The summed E-state index contributed by atoms with van der Waals surface area (Å²) in [5, 5.41) is 2.89. The molecule has 0 saturated heterocycles. The molecule has 19 heavy (non-hydrogen) atoms. The zero-order valence-corrected chi connectivity index (χ0v) is 12.9. The van der Waals surface area contributed by atoms with E-state index in [2.05, 4.69) is 24.1 Å². The second-order valence-corrected chi connectivity index (χ2v) is 5.46. The van der Waals surface area contributed by atoms with Gasteiger partial charge in [0.05, 0.1) is 5.41 Å². The monoisotopic (exact) mass is 282 g/mol. The van der Waals surface area contributed by atoms with E-state index in [4.69, 9.17) is 11.6 Å². The van der Waals surface area contributed by atoms with Crippen molar-refractivity contribution in [3.8, 4) is 0 Å². The van der Waals surface area contributed by atoms with Crippen LogP contribution in [0.4, 0.5) is 11.4 Å². The van der Waals surface area contributed by atoms with E-state index in [1.165, 1.54) is 5.69 Å². The smallest absolute Gasteiger partial charge is 0.231 e. The third-order valence-electron chi connectivity index (χ3n) is 3.20. The van der Waals surface area contributed by atoms with Gasteiger partial charge in [0, 0.05) is 30.3 Å².